The van der Waals surface area contributed by atoms with Crippen LogP contribution in [0.5, 0.6) is 11.6 Å². The third kappa shape index (κ3) is 3.90. The highest BCUT2D eigenvalue weighted by molar-refractivity contribution is 5.57. The van der Waals surface area contributed by atoms with Crippen LogP contribution in [0, 0.1) is 0 Å². The van der Waals surface area contributed by atoms with Gasteiger partial charge in [-0.15, -0.1) is 0 Å². The van der Waals surface area contributed by atoms with Crippen molar-refractivity contribution in [1.29, 1.82) is 0 Å². The maximum absolute atomic E-state index is 5.78. The minimum atomic E-state index is 0.502. The number of aromatic nitrogens is 2. The first-order chi connectivity index (χ1) is 9.83. The van der Waals surface area contributed by atoms with Crippen LogP contribution < -0.4 is 10.1 Å². The number of nitrogens with one attached hydrogen (secondary N) is 1. The molecule has 1 aromatic heterocycles. The Morgan fingerprint density at radius 3 is 2.75 bits per heavy atom. The summed E-state index contributed by atoms with van der Waals surface area (Å²) >= 11 is 0. The van der Waals surface area contributed by atoms with Crippen molar-refractivity contribution in [3.63, 3.8) is 0 Å². The Bertz CT molecular complexity index is 564. The highest BCUT2D eigenvalue weighted by Gasteiger charge is 2.03. The Kier molecular flexibility index (Phi) is 5.26. The molecule has 1 aromatic carbocycles. The van der Waals surface area contributed by atoms with Crippen LogP contribution in [0.25, 0.3) is 6.08 Å². The van der Waals surface area contributed by atoms with E-state index in [0.717, 1.165) is 30.1 Å². The maximum Gasteiger partial charge on any atom is 0.237 e. The molecule has 4 nitrogen and oxygen atoms in total. The van der Waals surface area contributed by atoms with Crippen LogP contribution >= 0.6 is 0 Å². The Morgan fingerprint density at radius 2 is 2.05 bits per heavy atom. The van der Waals surface area contributed by atoms with Gasteiger partial charge in [0.25, 0.3) is 0 Å². The van der Waals surface area contributed by atoms with Gasteiger partial charge in [-0.3, -0.25) is 4.98 Å². The van der Waals surface area contributed by atoms with Gasteiger partial charge in [-0.1, -0.05) is 37.3 Å². The molecule has 0 spiro atoms. The molecule has 0 bridgehead atoms. The van der Waals surface area contributed by atoms with Gasteiger partial charge in [-0.2, -0.15) is 0 Å². The predicted octanol–water partition coefficient (Wildman–Crippen LogP) is 3.41. The fourth-order valence-corrected chi connectivity index (χ4v) is 1.74. The van der Waals surface area contributed by atoms with Crippen molar-refractivity contribution in [1.82, 2.24) is 15.3 Å². The van der Waals surface area contributed by atoms with E-state index in [1.807, 2.05) is 43.3 Å². The molecule has 20 heavy (non-hydrogen) atoms. The van der Waals surface area contributed by atoms with Gasteiger partial charge in [0.15, 0.2) is 0 Å². The van der Waals surface area contributed by atoms with Crippen LogP contribution in [-0.4, -0.2) is 16.5 Å². The van der Waals surface area contributed by atoms with Crippen molar-refractivity contribution in [2.45, 2.75) is 20.4 Å². The molecule has 4 heteroatoms. The van der Waals surface area contributed by atoms with Crippen molar-refractivity contribution in [3.8, 4) is 11.6 Å². The summed E-state index contributed by atoms with van der Waals surface area (Å²) in [6, 6.07) is 7.84. The first-order valence-electron chi connectivity index (χ1n) is 6.74. The summed E-state index contributed by atoms with van der Waals surface area (Å²) in [6.45, 7) is 5.67. The summed E-state index contributed by atoms with van der Waals surface area (Å²) in [5.41, 5.74) is 1.93. The van der Waals surface area contributed by atoms with Crippen LogP contribution in [0.1, 0.15) is 25.1 Å². The fourth-order valence-electron chi connectivity index (χ4n) is 1.74. The SMILES string of the molecule is C/C=C/c1ccccc1Oc1cnc(CNCC)cn1. The third-order valence-corrected chi connectivity index (χ3v) is 2.72. The van der Waals surface area contributed by atoms with E-state index in [1.165, 1.54) is 0 Å². The molecule has 1 heterocycles. The number of benzene rings is 1. The zero-order chi connectivity index (χ0) is 14.2. The third-order valence-electron chi connectivity index (χ3n) is 2.72. The largest absolute Gasteiger partial charge is 0.437 e. The molecule has 0 unspecified atom stereocenters. The minimum absolute atomic E-state index is 0.502. The summed E-state index contributed by atoms with van der Waals surface area (Å²) < 4.78 is 5.78. The Hall–Kier alpha value is -2.20. The molecule has 2 rings (SSSR count). The highest BCUT2D eigenvalue weighted by atomic mass is 16.5. The topological polar surface area (TPSA) is 47.0 Å². The van der Waals surface area contributed by atoms with Gasteiger partial charge in [-0.25, -0.2) is 4.98 Å². The fraction of sp³-hybridized carbons (Fsp3) is 0.250. The Labute approximate surface area is 119 Å². The molecule has 0 aliphatic rings. The zero-order valence-corrected chi connectivity index (χ0v) is 11.8. The van der Waals surface area contributed by atoms with E-state index in [0.29, 0.717) is 5.88 Å². The molecular formula is C16H19N3O. The standard InChI is InChI=1S/C16H19N3O/c1-3-7-13-8-5-6-9-15(13)20-16-12-18-14(11-19-16)10-17-4-2/h3,5-9,11-12,17H,4,10H2,1-2H3/b7-3+. The Balaban J connectivity index is 2.10. The van der Waals surface area contributed by atoms with Crippen LogP contribution in [0.15, 0.2) is 42.7 Å². The van der Waals surface area contributed by atoms with Gasteiger partial charge in [0, 0.05) is 12.1 Å². The lowest BCUT2D eigenvalue weighted by Crippen LogP contribution is -2.13. The smallest absolute Gasteiger partial charge is 0.237 e. The molecule has 0 fully saturated rings. The summed E-state index contributed by atoms with van der Waals surface area (Å²) in [4.78, 5) is 8.60. The van der Waals surface area contributed by atoms with Crippen LogP contribution in [0.4, 0.5) is 0 Å². The average Bonchev–Trinajstić information content (AvgIpc) is 2.49. The predicted molar refractivity (Wildman–Crippen MR) is 80.6 cm³/mol. The van der Waals surface area contributed by atoms with Crippen molar-refractivity contribution >= 4 is 6.08 Å². The van der Waals surface area contributed by atoms with Crippen molar-refractivity contribution < 1.29 is 4.74 Å². The lowest BCUT2D eigenvalue weighted by atomic mass is 10.2. The second kappa shape index (κ2) is 7.40. The van der Waals surface area contributed by atoms with Gasteiger partial charge >= 0.3 is 0 Å². The van der Waals surface area contributed by atoms with Crippen LogP contribution in [-0.2, 0) is 6.54 Å². The first kappa shape index (κ1) is 14.2. The molecule has 0 saturated heterocycles. The van der Waals surface area contributed by atoms with Crippen molar-refractivity contribution in [2.75, 3.05) is 6.54 Å². The molecule has 2 aromatic rings. The number of nitrogens with zero attached hydrogens (tertiary/aromatic N) is 2. The van der Waals surface area contributed by atoms with Gasteiger partial charge in [0.2, 0.25) is 5.88 Å². The Morgan fingerprint density at radius 1 is 1.20 bits per heavy atom. The normalized spacial score (nSPS) is 10.9. The van der Waals surface area contributed by atoms with Gasteiger partial charge in [0.1, 0.15) is 5.75 Å². The summed E-state index contributed by atoms with van der Waals surface area (Å²) in [7, 11) is 0. The molecule has 0 amide bonds. The van der Waals surface area contributed by atoms with E-state index in [9.17, 15) is 0 Å². The molecule has 0 radical (unpaired) electrons. The molecule has 104 valence electrons. The molecule has 0 aliphatic carbocycles. The number of para-hydroxylation sites is 1. The van der Waals surface area contributed by atoms with E-state index < -0.39 is 0 Å². The van der Waals surface area contributed by atoms with Crippen LogP contribution in [0.3, 0.4) is 0 Å². The van der Waals surface area contributed by atoms with E-state index in [-0.39, 0.29) is 0 Å². The van der Waals surface area contributed by atoms with E-state index in [1.54, 1.807) is 12.4 Å². The minimum Gasteiger partial charge on any atom is -0.437 e. The quantitative estimate of drug-likeness (QED) is 0.873. The number of rotatable bonds is 6. The second-order valence-corrected chi connectivity index (χ2v) is 4.27. The second-order valence-electron chi connectivity index (χ2n) is 4.27. The van der Waals surface area contributed by atoms with E-state index >= 15 is 0 Å². The van der Waals surface area contributed by atoms with E-state index in [2.05, 4.69) is 22.2 Å². The summed E-state index contributed by atoms with van der Waals surface area (Å²) in [6.07, 6.45) is 7.37. The van der Waals surface area contributed by atoms with Gasteiger partial charge in [-0.05, 0) is 19.5 Å². The first-order valence-corrected chi connectivity index (χ1v) is 6.74. The number of hydrogen-bond acceptors (Lipinski definition) is 4. The lowest BCUT2D eigenvalue weighted by Gasteiger charge is -2.08. The lowest BCUT2D eigenvalue weighted by molar-refractivity contribution is 0.458. The zero-order valence-electron chi connectivity index (χ0n) is 11.8. The summed E-state index contributed by atoms with van der Waals surface area (Å²) in [5.74, 6) is 1.28. The van der Waals surface area contributed by atoms with Crippen LogP contribution in [0.2, 0.25) is 0 Å². The van der Waals surface area contributed by atoms with Crippen molar-refractivity contribution in [2.24, 2.45) is 0 Å². The number of hydrogen-bond donors (Lipinski definition) is 1. The van der Waals surface area contributed by atoms with Gasteiger partial charge in [0.05, 0.1) is 18.1 Å². The van der Waals surface area contributed by atoms with E-state index in [4.69, 9.17) is 4.74 Å². The number of ether oxygens (including phenoxy) is 1. The summed E-state index contributed by atoms with van der Waals surface area (Å²) in [5, 5.41) is 3.21. The molecular weight excluding hydrogens is 250 g/mol. The molecule has 0 aliphatic heterocycles. The molecule has 1 N–H and O–H groups in total. The number of allylic oxidation sites excluding steroid dienone is 1. The molecule has 0 atom stereocenters. The van der Waals surface area contributed by atoms with Crippen molar-refractivity contribution in [3.05, 3.63) is 54.0 Å². The maximum atomic E-state index is 5.78. The average molecular weight is 269 g/mol. The highest BCUT2D eigenvalue weighted by Crippen LogP contribution is 2.24. The molecule has 0 saturated carbocycles. The monoisotopic (exact) mass is 269 g/mol. The van der Waals surface area contributed by atoms with Gasteiger partial charge < -0.3 is 10.1 Å².